The lowest BCUT2D eigenvalue weighted by molar-refractivity contribution is -0.132. The summed E-state index contributed by atoms with van der Waals surface area (Å²) in [4.78, 5) is 23.6. The van der Waals surface area contributed by atoms with E-state index in [1.807, 2.05) is 19.2 Å². The van der Waals surface area contributed by atoms with Crippen molar-refractivity contribution in [1.82, 2.24) is 10.2 Å². The number of rotatable bonds is 7. The minimum absolute atomic E-state index is 0.0191. The largest absolute Gasteiger partial charge is 0.442 e. The number of nitrogens with one attached hydrogen (secondary N) is 1. The minimum atomic E-state index is -3.15. The van der Waals surface area contributed by atoms with E-state index >= 15 is 0 Å². The van der Waals surface area contributed by atoms with Crippen LogP contribution in [0.15, 0.2) is 37.0 Å². The molecule has 0 aliphatic carbocycles. The molecule has 0 spiro atoms. The lowest BCUT2D eigenvalue weighted by Crippen LogP contribution is -2.38. The van der Waals surface area contributed by atoms with Crippen LogP contribution in [-0.2, 0) is 9.53 Å². The normalized spacial score (nSPS) is 18.0. The van der Waals surface area contributed by atoms with Crippen molar-refractivity contribution in [3.8, 4) is 0 Å². The first-order valence-corrected chi connectivity index (χ1v) is 8.42. The predicted molar refractivity (Wildman–Crippen MR) is 96.7 cm³/mol. The van der Waals surface area contributed by atoms with E-state index in [1.165, 1.54) is 18.7 Å². The Morgan fingerprint density at radius 2 is 1.93 bits per heavy atom. The molecule has 1 saturated heterocycles. The molecule has 0 aromatic rings. The molecule has 1 heterocycles. The van der Waals surface area contributed by atoms with Gasteiger partial charge in [-0.05, 0) is 26.0 Å². The highest BCUT2D eigenvalue weighted by molar-refractivity contribution is 5.79. The zero-order valence-electron chi connectivity index (χ0n) is 16.1. The molecule has 5 nitrogen and oxygen atoms in total. The predicted octanol–water partition coefficient (Wildman–Crippen LogP) is 4.52. The monoisotopic (exact) mass is 396 g/mol. The number of hydrogen-bond acceptors (Lipinski definition) is 3. The zero-order valence-corrected chi connectivity index (χ0v) is 16.1. The van der Waals surface area contributed by atoms with E-state index < -0.39 is 42.2 Å². The SMILES string of the molecule is C/C(F)=C\C/C(F)=C\C(C)N1CC(CNC(=O)C(F)F)OC1=O.C=C.CC. The highest BCUT2D eigenvalue weighted by atomic mass is 19.3. The van der Waals surface area contributed by atoms with Crippen LogP contribution >= 0.6 is 0 Å². The Bertz CT molecular complexity index is 521. The van der Waals surface area contributed by atoms with Gasteiger partial charge in [-0.3, -0.25) is 9.69 Å². The van der Waals surface area contributed by atoms with Crippen LogP contribution in [0.2, 0.25) is 0 Å². The highest BCUT2D eigenvalue weighted by Crippen LogP contribution is 2.18. The van der Waals surface area contributed by atoms with Gasteiger partial charge in [0.05, 0.1) is 25.0 Å². The average molecular weight is 396 g/mol. The molecule has 0 bridgehead atoms. The van der Waals surface area contributed by atoms with Gasteiger partial charge in [-0.1, -0.05) is 13.8 Å². The molecule has 1 fully saturated rings. The molecule has 1 rings (SSSR count). The molecular formula is C18H28F4N2O3. The van der Waals surface area contributed by atoms with Gasteiger partial charge in [0.25, 0.3) is 5.91 Å². The first-order chi connectivity index (χ1) is 12.7. The first kappa shape index (κ1) is 26.9. The van der Waals surface area contributed by atoms with E-state index in [0.717, 1.165) is 12.2 Å². The number of ether oxygens (including phenoxy) is 1. The number of carbonyl (C=O) groups excluding carboxylic acids is 2. The molecule has 9 heteroatoms. The van der Waals surface area contributed by atoms with E-state index in [9.17, 15) is 27.2 Å². The van der Waals surface area contributed by atoms with Crippen LogP contribution in [0.4, 0.5) is 22.4 Å². The fourth-order valence-electron chi connectivity index (χ4n) is 1.93. The number of carbonyl (C=O) groups is 2. The van der Waals surface area contributed by atoms with Crippen molar-refractivity contribution in [2.24, 2.45) is 0 Å². The second-order valence-electron chi connectivity index (χ2n) is 5.05. The summed E-state index contributed by atoms with van der Waals surface area (Å²) < 4.78 is 55.1. The van der Waals surface area contributed by atoms with Crippen molar-refractivity contribution in [1.29, 1.82) is 0 Å². The topological polar surface area (TPSA) is 58.6 Å². The molecule has 156 valence electrons. The van der Waals surface area contributed by atoms with Crippen LogP contribution in [0, 0.1) is 0 Å². The summed E-state index contributed by atoms with van der Waals surface area (Å²) in [6.45, 7) is 12.5. The highest BCUT2D eigenvalue weighted by Gasteiger charge is 2.34. The summed E-state index contributed by atoms with van der Waals surface area (Å²) in [6.07, 6.45) is -2.72. The summed E-state index contributed by atoms with van der Waals surface area (Å²) in [5.41, 5.74) is 0. The Kier molecular flexibility index (Phi) is 14.8. The third-order valence-corrected chi connectivity index (χ3v) is 3.10. The molecule has 0 radical (unpaired) electrons. The maximum Gasteiger partial charge on any atom is 0.410 e. The molecule has 1 aliphatic heterocycles. The van der Waals surface area contributed by atoms with Gasteiger partial charge in [0.15, 0.2) is 0 Å². The van der Waals surface area contributed by atoms with Crippen LogP contribution in [0.5, 0.6) is 0 Å². The minimum Gasteiger partial charge on any atom is -0.442 e. The van der Waals surface area contributed by atoms with Gasteiger partial charge >= 0.3 is 12.5 Å². The summed E-state index contributed by atoms with van der Waals surface area (Å²) in [5.74, 6) is -2.58. The van der Waals surface area contributed by atoms with Crippen LogP contribution < -0.4 is 5.32 Å². The van der Waals surface area contributed by atoms with Gasteiger partial charge in [-0.15, -0.1) is 13.2 Å². The van der Waals surface area contributed by atoms with E-state index in [0.29, 0.717) is 0 Å². The van der Waals surface area contributed by atoms with Gasteiger partial charge in [0.1, 0.15) is 11.9 Å². The maximum absolute atomic E-state index is 13.6. The molecule has 1 N–H and O–H groups in total. The third-order valence-electron chi connectivity index (χ3n) is 3.10. The van der Waals surface area contributed by atoms with Crippen molar-refractivity contribution < 1.29 is 31.9 Å². The third kappa shape index (κ3) is 11.1. The van der Waals surface area contributed by atoms with Crippen LogP contribution in [0.25, 0.3) is 0 Å². The average Bonchev–Trinajstić information content (AvgIpc) is 3.02. The Balaban J connectivity index is 0. The first-order valence-electron chi connectivity index (χ1n) is 8.42. The lowest BCUT2D eigenvalue weighted by atomic mass is 10.2. The van der Waals surface area contributed by atoms with E-state index in [1.54, 1.807) is 0 Å². The molecule has 0 aromatic carbocycles. The van der Waals surface area contributed by atoms with Crippen molar-refractivity contribution in [2.45, 2.75) is 52.7 Å². The number of halogens is 4. The van der Waals surface area contributed by atoms with Crippen molar-refractivity contribution in [3.63, 3.8) is 0 Å². The Hall–Kier alpha value is -2.32. The second kappa shape index (κ2) is 14.8. The summed E-state index contributed by atoms with van der Waals surface area (Å²) >= 11 is 0. The number of alkyl halides is 2. The number of amides is 2. The second-order valence-corrected chi connectivity index (χ2v) is 5.05. The maximum atomic E-state index is 13.6. The number of nitrogens with zero attached hydrogens (tertiary/aromatic N) is 1. The fraction of sp³-hybridized carbons (Fsp3) is 0.556. The summed E-state index contributed by atoms with van der Waals surface area (Å²) in [7, 11) is 0. The molecule has 2 unspecified atom stereocenters. The molecular weight excluding hydrogens is 368 g/mol. The van der Waals surface area contributed by atoms with Gasteiger partial charge in [-0.25, -0.2) is 13.6 Å². The Morgan fingerprint density at radius 3 is 2.41 bits per heavy atom. The van der Waals surface area contributed by atoms with Crippen LogP contribution in [-0.4, -0.2) is 48.6 Å². The van der Waals surface area contributed by atoms with Crippen molar-refractivity contribution in [2.75, 3.05) is 13.1 Å². The van der Waals surface area contributed by atoms with Gasteiger partial charge in [0.2, 0.25) is 0 Å². The summed E-state index contributed by atoms with van der Waals surface area (Å²) in [6, 6.07) is -0.661. The molecule has 27 heavy (non-hydrogen) atoms. The van der Waals surface area contributed by atoms with Crippen molar-refractivity contribution >= 4 is 12.0 Å². The molecule has 0 aromatic heterocycles. The fourth-order valence-corrected chi connectivity index (χ4v) is 1.93. The quantitative estimate of drug-likeness (QED) is 0.508. The number of allylic oxidation sites excluding steroid dienone is 3. The molecule has 0 saturated carbocycles. The van der Waals surface area contributed by atoms with E-state index in [2.05, 4.69) is 13.2 Å². The molecule has 2 amide bonds. The van der Waals surface area contributed by atoms with E-state index in [4.69, 9.17) is 4.74 Å². The molecule has 1 aliphatic rings. The smallest absolute Gasteiger partial charge is 0.410 e. The Morgan fingerprint density at radius 1 is 1.37 bits per heavy atom. The van der Waals surface area contributed by atoms with Crippen LogP contribution in [0.3, 0.4) is 0 Å². The van der Waals surface area contributed by atoms with Gasteiger partial charge in [0, 0.05) is 6.42 Å². The van der Waals surface area contributed by atoms with Gasteiger partial charge < -0.3 is 10.1 Å². The number of cyclic esters (lactones) is 1. The standard InChI is InChI=1S/C14H18F4N2O3.C2H6.C2H4/c1-8(15)3-4-10(16)5-9(2)20-7-11(23-14(20)22)6-19-13(21)12(17)18;2*1-2/h3,5,9,11-12H,4,6-7H2,1-2H3,(H,19,21);1-2H3;1-2H2/b8-3+,10-5+;;. The summed E-state index contributed by atoms with van der Waals surface area (Å²) in [5, 5.41) is 1.95. The number of hydrogen-bond donors (Lipinski definition) is 1. The zero-order chi connectivity index (χ0) is 21.6. The Labute approximate surface area is 157 Å². The van der Waals surface area contributed by atoms with Crippen LogP contribution in [0.1, 0.15) is 34.1 Å². The van der Waals surface area contributed by atoms with E-state index in [-0.39, 0.29) is 19.5 Å². The lowest BCUT2D eigenvalue weighted by Gasteiger charge is -2.18. The molecule has 2 atom stereocenters. The van der Waals surface area contributed by atoms with Gasteiger partial charge in [-0.2, -0.15) is 8.78 Å². The van der Waals surface area contributed by atoms with Crippen molar-refractivity contribution in [3.05, 3.63) is 37.0 Å².